The Kier molecular flexibility index (Phi) is 6.72. The van der Waals surface area contributed by atoms with Crippen LogP contribution in [0.15, 0.2) is 61.1 Å². The van der Waals surface area contributed by atoms with Crippen molar-refractivity contribution in [1.29, 1.82) is 0 Å². The first kappa shape index (κ1) is 23.5. The summed E-state index contributed by atoms with van der Waals surface area (Å²) in [6.45, 7) is 6.02. The molecule has 0 atom stereocenters. The van der Waals surface area contributed by atoms with Crippen molar-refractivity contribution in [2.45, 2.75) is 27.3 Å². The lowest BCUT2D eigenvalue weighted by Gasteiger charge is -2.18. The number of rotatable bonds is 7. The second-order valence-electron chi connectivity index (χ2n) is 8.79. The van der Waals surface area contributed by atoms with Gasteiger partial charge < -0.3 is 25.0 Å². The van der Waals surface area contributed by atoms with Crippen LogP contribution in [0.5, 0.6) is 11.5 Å². The maximum Gasteiger partial charge on any atom is 0.229 e. The Morgan fingerprint density at radius 2 is 1.94 bits per heavy atom. The average molecular weight is 480 g/mol. The standard InChI is InChI=1S/C25H26ClN5O3/c1-25(2,3)24(33)30-16-5-4-6-18(13-16)34-21-8-7-17(14-19(21)26)29-23-22-20(27-15-28-23)9-10-31(22)11-12-32/h4-10,13-15,32H,11-12H2,1-3H3,(H,30,33)(H,27,28,29). The minimum atomic E-state index is -0.502. The molecule has 2 aromatic carbocycles. The summed E-state index contributed by atoms with van der Waals surface area (Å²) in [5, 5.41) is 15.9. The molecule has 0 bridgehead atoms. The first-order valence-electron chi connectivity index (χ1n) is 10.8. The lowest BCUT2D eigenvalue weighted by Crippen LogP contribution is -2.27. The average Bonchev–Trinajstić information content (AvgIpc) is 3.19. The Morgan fingerprint density at radius 1 is 1.12 bits per heavy atom. The predicted octanol–water partition coefficient (Wildman–Crippen LogP) is 5.60. The Balaban J connectivity index is 1.52. The van der Waals surface area contributed by atoms with Crippen molar-refractivity contribution in [3.8, 4) is 11.5 Å². The molecule has 0 unspecified atom stereocenters. The number of fused-ring (bicyclic) bond motifs is 1. The monoisotopic (exact) mass is 479 g/mol. The van der Waals surface area contributed by atoms with Gasteiger partial charge in [0.2, 0.25) is 5.91 Å². The number of hydrogen-bond donors (Lipinski definition) is 3. The topological polar surface area (TPSA) is 101 Å². The fourth-order valence-electron chi connectivity index (χ4n) is 3.30. The molecule has 2 heterocycles. The van der Waals surface area contributed by atoms with E-state index in [1.807, 2.05) is 43.7 Å². The molecule has 3 N–H and O–H groups in total. The summed E-state index contributed by atoms with van der Waals surface area (Å²) in [7, 11) is 0. The number of nitrogens with zero attached hydrogens (tertiary/aromatic N) is 3. The molecule has 176 valence electrons. The second kappa shape index (κ2) is 9.70. The highest BCUT2D eigenvalue weighted by Crippen LogP contribution is 2.34. The molecule has 2 aromatic heterocycles. The van der Waals surface area contributed by atoms with E-state index in [-0.39, 0.29) is 12.5 Å². The number of ether oxygens (including phenoxy) is 1. The number of anilines is 3. The van der Waals surface area contributed by atoms with Crippen molar-refractivity contribution in [2.24, 2.45) is 5.41 Å². The molecule has 9 heteroatoms. The SMILES string of the molecule is CC(C)(C)C(=O)Nc1cccc(Oc2ccc(Nc3ncnc4ccn(CCO)c34)cc2Cl)c1. The molecule has 0 aliphatic heterocycles. The van der Waals surface area contributed by atoms with Crippen LogP contribution in [0.1, 0.15) is 20.8 Å². The minimum absolute atomic E-state index is 0.0110. The van der Waals surface area contributed by atoms with Crippen LogP contribution in [-0.2, 0) is 11.3 Å². The summed E-state index contributed by atoms with van der Waals surface area (Å²) in [6, 6.07) is 14.4. The number of carbonyl (C=O) groups excluding carboxylic acids is 1. The van der Waals surface area contributed by atoms with Gasteiger partial charge in [0.25, 0.3) is 0 Å². The van der Waals surface area contributed by atoms with E-state index in [0.29, 0.717) is 34.6 Å². The van der Waals surface area contributed by atoms with Gasteiger partial charge in [-0.25, -0.2) is 9.97 Å². The number of aliphatic hydroxyl groups is 1. The van der Waals surface area contributed by atoms with Crippen molar-refractivity contribution in [3.63, 3.8) is 0 Å². The van der Waals surface area contributed by atoms with Crippen LogP contribution < -0.4 is 15.4 Å². The lowest BCUT2D eigenvalue weighted by molar-refractivity contribution is -0.123. The summed E-state index contributed by atoms with van der Waals surface area (Å²) < 4.78 is 7.85. The van der Waals surface area contributed by atoms with Crippen molar-refractivity contribution in [3.05, 3.63) is 66.1 Å². The fraction of sp³-hybridized carbons (Fsp3) is 0.240. The van der Waals surface area contributed by atoms with Gasteiger partial charge in [0.15, 0.2) is 5.82 Å². The molecule has 34 heavy (non-hydrogen) atoms. The first-order chi connectivity index (χ1) is 16.2. The van der Waals surface area contributed by atoms with E-state index >= 15 is 0 Å². The Morgan fingerprint density at radius 3 is 2.68 bits per heavy atom. The van der Waals surface area contributed by atoms with Crippen LogP contribution in [0.2, 0.25) is 5.02 Å². The van der Waals surface area contributed by atoms with Gasteiger partial charge in [0.05, 0.1) is 17.1 Å². The molecule has 0 spiro atoms. The number of halogens is 1. The molecule has 0 saturated heterocycles. The fourth-order valence-corrected chi connectivity index (χ4v) is 3.52. The van der Waals surface area contributed by atoms with E-state index in [4.69, 9.17) is 16.3 Å². The number of benzene rings is 2. The van der Waals surface area contributed by atoms with E-state index < -0.39 is 5.41 Å². The van der Waals surface area contributed by atoms with E-state index in [2.05, 4.69) is 20.6 Å². The molecule has 4 rings (SSSR count). The third-order valence-corrected chi connectivity index (χ3v) is 5.38. The van der Waals surface area contributed by atoms with Crippen molar-refractivity contribution >= 4 is 45.7 Å². The molecule has 8 nitrogen and oxygen atoms in total. The number of hydrogen-bond acceptors (Lipinski definition) is 6. The molecule has 0 saturated carbocycles. The summed E-state index contributed by atoms with van der Waals surface area (Å²) in [5.74, 6) is 1.55. The quantitative estimate of drug-likeness (QED) is 0.319. The van der Waals surface area contributed by atoms with Crippen LogP contribution in [0.25, 0.3) is 11.0 Å². The molecular formula is C25H26ClN5O3. The number of nitrogens with one attached hydrogen (secondary N) is 2. The maximum atomic E-state index is 12.3. The van der Waals surface area contributed by atoms with Crippen molar-refractivity contribution in [2.75, 3.05) is 17.2 Å². The van der Waals surface area contributed by atoms with Gasteiger partial charge in [-0.3, -0.25) is 4.79 Å². The molecule has 0 fully saturated rings. The molecule has 0 radical (unpaired) electrons. The van der Waals surface area contributed by atoms with Crippen LogP contribution >= 0.6 is 11.6 Å². The van der Waals surface area contributed by atoms with Gasteiger partial charge >= 0.3 is 0 Å². The smallest absolute Gasteiger partial charge is 0.229 e. The van der Waals surface area contributed by atoms with Gasteiger partial charge in [0, 0.05) is 35.6 Å². The number of carbonyl (C=O) groups is 1. The Bertz CT molecular complexity index is 1330. The minimum Gasteiger partial charge on any atom is -0.456 e. The number of amides is 1. The van der Waals surface area contributed by atoms with Gasteiger partial charge in [0.1, 0.15) is 23.3 Å². The highest BCUT2D eigenvalue weighted by atomic mass is 35.5. The third-order valence-electron chi connectivity index (χ3n) is 5.09. The lowest BCUT2D eigenvalue weighted by atomic mass is 9.95. The molecular weight excluding hydrogens is 454 g/mol. The highest BCUT2D eigenvalue weighted by Gasteiger charge is 2.21. The molecule has 0 aliphatic carbocycles. The first-order valence-corrected chi connectivity index (χ1v) is 11.2. The number of aromatic nitrogens is 3. The van der Waals surface area contributed by atoms with E-state index in [0.717, 1.165) is 16.7 Å². The molecule has 0 aliphatic rings. The van der Waals surface area contributed by atoms with Crippen molar-refractivity contribution < 1.29 is 14.6 Å². The zero-order valence-corrected chi connectivity index (χ0v) is 19.9. The normalized spacial score (nSPS) is 11.4. The Hall–Kier alpha value is -3.62. The van der Waals surface area contributed by atoms with Gasteiger partial charge in [-0.1, -0.05) is 38.4 Å². The zero-order chi connectivity index (χ0) is 24.3. The third kappa shape index (κ3) is 5.30. The van der Waals surface area contributed by atoms with Gasteiger partial charge in [-0.2, -0.15) is 0 Å². The summed E-state index contributed by atoms with van der Waals surface area (Å²) in [4.78, 5) is 20.9. The van der Waals surface area contributed by atoms with E-state index in [9.17, 15) is 9.90 Å². The van der Waals surface area contributed by atoms with Gasteiger partial charge in [-0.05, 0) is 36.4 Å². The number of aliphatic hydroxyl groups excluding tert-OH is 1. The van der Waals surface area contributed by atoms with Gasteiger partial charge in [-0.15, -0.1) is 0 Å². The molecule has 1 amide bonds. The van der Waals surface area contributed by atoms with Crippen LogP contribution in [0.4, 0.5) is 17.2 Å². The van der Waals surface area contributed by atoms with Crippen LogP contribution in [0, 0.1) is 5.41 Å². The van der Waals surface area contributed by atoms with Crippen LogP contribution in [-0.4, -0.2) is 32.2 Å². The summed E-state index contributed by atoms with van der Waals surface area (Å²) >= 11 is 6.50. The zero-order valence-electron chi connectivity index (χ0n) is 19.2. The maximum absolute atomic E-state index is 12.3. The molecule has 4 aromatic rings. The van der Waals surface area contributed by atoms with E-state index in [1.54, 1.807) is 36.4 Å². The highest BCUT2D eigenvalue weighted by molar-refractivity contribution is 6.32. The van der Waals surface area contributed by atoms with Crippen molar-refractivity contribution in [1.82, 2.24) is 14.5 Å². The summed E-state index contributed by atoms with van der Waals surface area (Å²) in [5.41, 5.74) is 2.43. The van der Waals surface area contributed by atoms with E-state index in [1.165, 1.54) is 6.33 Å². The predicted molar refractivity (Wildman–Crippen MR) is 134 cm³/mol. The largest absolute Gasteiger partial charge is 0.456 e. The second-order valence-corrected chi connectivity index (χ2v) is 9.20. The van der Waals surface area contributed by atoms with Crippen LogP contribution in [0.3, 0.4) is 0 Å². The Labute approximate surface area is 202 Å². The summed E-state index contributed by atoms with van der Waals surface area (Å²) in [6.07, 6.45) is 3.35.